The monoisotopic (exact) mass is 832 g/mol. The molecule has 57 heavy (non-hydrogen) atoms. The molecule has 9 heteroatoms. The molecule has 0 aromatic heterocycles. The molecular formula is C48H100N2O6P+. The summed E-state index contributed by atoms with van der Waals surface area (Å²) in [5.74, 6) is -0.151. The molecule has 0 rings (SSSR count). The Labute approximate surface area is 355 Å². The van der Waals surface area contributed by atoms with Gasteiger partial charge in [0.1, 0.15) is 13.2 Å². The highest BCUT2D eigenvalue weighted by Crippen LogP contribution is 2.43. The van der Waals surface area contributed by atoms with Crippen LogP contribution in [0.3, 0.4) is 0 Å². The molecule has 0 radical (unpaired) electrons. The number of likely N-dealkylation sites (N-methyl/N-ethyl adjacent to an activating group) is 1. The number of hydrogen-bond donors (Lipinski definition) is 3. The second-order valence-corrected chi connectivity index (χ2v) is 20.0. The Morgan fingerprint density at radius 2 is 0.842 bits per heavy atom. The fraction of sp³-hybridized carbons (Fsp3) is 0.979. The minimum atomic E-state index is -4.30. The number of phosphoric acid groups is 1. The lowest BCUT2D eigenvalue weighted by Gasteiger charge is -2.26. The molecule has 0 heterocycles. The lowest BCUT2D eigenvalue weighted by molar-refractivity contribution is -0.870. The van der Waals surface area contributed by atoms with Crippen molar-refractivity contribution in [2.75, 3.05) is 40.9 Å². The van der Waals surface area contributed by atoms with Gasteiger partial charge in [-0.25, -0.2) is 4.57 Å². The normalized spacial score (nSPS) is 14.2. The van der Waals surface area contributed by atoms with Crippen molar-refractivity contribution >= 4 is 13.7 Å². The highest BCUT2D eigenvalue weighted by Gasteiger charge is 2.28. The van der Waals surface area contributed by atoms with Crippen molar-refractivity contribution in [3.8, 4) is 0 Å². The van der Waals surface area contributed by atoms with Gasteiger partial charge >= 0.3 is 7.82 Å². The smallest absolute Gasteiger partial charge is 0.391 e. The average molecular weight is 832 g/mol. The first kappa shape index (κ1) is 56.5. The molecule has 0 aliphatic heterocycles. The number of carbonyl (C=O) groups excluding carboxylic acids is 1. The third-order valence-corrected chi connectivity index (χ3v) is 12.6. The Balaban J connectivity index is 3.89. The van der Waals surface area contributed by atoms with Gasteiger partial charge in [0.05, 0.1) is 39.9 Å². The molecule has 342 valence electrons. The van der Waals surface area contributed by atoms with Crippen molar-refractivity contribution < 1.29 is 32.9 Å². The molecule has 0 aromatic rings. The van der Waals surface area contributed by atoms with Crippen LogP contribution in [0.5, 0.6) is 0 Å². The molecule has 8 nitrogen and oxygen atoms in total. The summed E-state index contributed by atoms with van der Waals surface area (Å²) in [6, 6.07) is -0.751. The second kappa shape index (κ2) is 40.9. The zero-order valence-corrected chi connectivity index (χ0v) is 39.8. The standard InChI is InChI=1S/C48H99N2O6P/c1-6-8-10-12-14-15-16-17-18-19-20-21-22-23-24-25-26-27-28-29-30-31-32-33-34-35-36-37-39-41-47(51)46(49-48(52)42-40-38-13-11-9-7-2)45-56-57(53,54)55-44-43-50(3,4)5/h46-47,51H,6-45H2,1-5H3,(H-,49,52,53,54)/p+1. The van der Waals surface area contributed by atoms with Crippen LogP contribution in [0.15, 0.2) is 0 Å². The van der Waals surface area contributed by atoms with Gasteiger partial charge in [-0.2, -0.15) is 0 Å². The number of nitrogens with zero attached hydrogens (tertiary/aromatic N) is 1. The van der Waals surface area contributed by atoms with E-state index < -0.39 is 20.0 Å². The Hall–Kier alpha value is -0.500. The van der Waals surface area contributed by atoms with Crippen LogP contribution in [0.4, 0.5) is 0 Å². The highest BCUT2D eigenvalue weighted by atomic mass is 31.2. The maximum absolute atomic E-state index is 12.7. The number of amides is 1. The summed E-state index contributed by atoms with van der Waals surface area (Å²) in [5.41, 5.74) is 0. The van der Waals surface area contributed by atoms with E-state index in [0.717, 1.165) is 38.5 Å². The molecule has 3 N–H and O–H groups in total. The van der Waals surface area contributed by atoms with Crippen LogP contribution in [0.2, 0.25) is 0 Å². The number of rotatable bonds is 46. The summed E-state index contributed by atoms with van der Waals surface area (Å²) in [6.45, 7) is 4.85. The minimum Gasteiger partial charge on any atom is -0.391 e. The van der Waals surface area contributed by atoms with Crippen LogP contribution in [0.25, 0.3) is 0 Å². The van der Waals surface area contributed by atoms with E-state index >= 15 is 0 Å². The van der Waals surface area contributed by atoms with Crippen LogP contribution < -0.4 is 5.32 Å². The number of quaternary nitrogens is 1. The fourth-order valence-electron chi connectivity index (χ4n) is 7.64. The Bertz CT molecular complexity index is 901. The van der Waals surface area contributed by atoms with Crippen molar-refractivity contribution in [3.05, 3.63) is 0 Å². The maximum Gasteiger partial charge on any atom is 0.472 e. The molecule has 0 saturated heterocycles. The van der Waals surface area contributed by atoms with Gasteiger partial charge in [-0.15, -0.1) is 0 Å². The summed E-state index contributed by atoms with van der Waals surface area (Å²) in [6.07, 6.45) is 46.2. The maximum atomic E-state index is 12.7. The first-order chi connectivity index (χ1) is 27.5. The van der Waals surface area contributed by atoms with E-state index in [1.54, 1.807) is 0 Å². The third kappa shape index (κ3) is 43.4. The molecule has 3 atom stereocenters. The highest BCUT2D eigenvalue weighted by molar-refractivity contribution is 7.47. The van der Waals surface area contributed by atoms with Crippen molar-refractivity contribution in [1.82, 2.24) is 5.32 Å². The molecule has 0 bridgehead atoms. The third-order valence-electron chi connectivity index (χ3n) is 11.6. The molecule has 0 aromatic carbocycles. The summed E-state index contributed by atoms with van der Waals surface area (Å²) in [4.78, 5) is 22.9. The van der Waals surface area contributed by atoms with E-state index in [1.807, 2.05) is 21.1 Å². The van der Waals surface area contributed by atoms with Crippen LogP contribution in [-0.2, 0) is 18.4 Å². The summed E-state index contributed by atoms with van der Waals surface area (Å²) >= 11 is 0. The van der Waals surface area contributed by atoms with Gasteiger partial charge in [0, 0.05) is 6.42 Å². The number of aliphatic hydroxyl groups is 1. The van der Waals surface area contributed by atoms with E-state index in [4.69, 9.17) is 9.05 Å². The van der Waals surface area contributed by atoms with Crippen molar-refractivity contribution in [2.45, 2.75) is 264 Å². The Kier molecular flexibility index (Phi) is 40.5. The van der Waals surface area contributed by atoms with Gasteiger partial charge in [0.15, 0.2) is 0 Å². The summed E-state index contributed by atoms with van der Waals surface area (Å²) in [7, 11) is 1.63. The van der Waals surface area contributed by atoms with E-state index in [1.165, 1.54) is 186 Å². The lowest BCUT2D eigenvalue weighted by Crippen LogP contribution is -2.46. The van der Waals surface area contributed by atoms with E-state index in [0.29, 0.717) is 23.9 Å². The molecule has 0 aliphatic rings. The van der Waals surface area contributed by atoms with Gasteiger partial charge in [-0.05, 0) is 12.8 Å². The number of unbranched alkanes of at least 4 members (excludes halogenated alkanes) is 33. The summed E-state index contributed by atoms with van der Waals surface area (Å²) < 4.78 is 23.5. The van der Waals surface area contributed by atoms with Crippen molar-refractivity contribution in [1.29, 1.82) is 0 Å². The first-order valence-corrected chi connectivity index (χ1v) is 26.4. The van der Waals surface area contributed by atoms with Gasteiger partial charge < -0.3 is 19.8 Å². The topological polar surface area (TPSA) is 105 Å². The van der Waals surface area contributed by atoms with E-state index in [2.05, 4.69) is 19.2 Å². The predicted molar refractivity (Wildman–Crippen MR) is 245 cm³/mol. The quantitative estimate of drug-likeness (QED) is 0.0321. The zero-order valence-electron chi connectivity index (χ0n) is 38.9. The molecular weight excluding hydrogens is 732 g/mol. The molecule has 0 saturated carbocycles. The molecule has 0 spiro atoms. The van der Waals surface area contributed by atoms with E-state index in [9.17, 15) is 19.4 Å². The van der Waals surface area contributed by atoms with Gasteiger partial charge in [-0.1, -0.05) is 232 Å². The zero-order chi connectivity index (χ0) is 42.1. The van der Waals surface area contributed by atoms with E-state index in [-0.39, 0.29) is 19.1 Å². The molecule has 3 unspecified atom stereocenters. The van der Waals surface area contributed by atoms with Crippen molar-refractivity contribution in [2.24, 2.45) is 0 Å². The van der Waals surface area contributed by atoms with Gasteiger partial charge in [0.2, 0.25) is 5.91 Å². The SMILES string of the molecule is CCCCCCCCCCCCCCCCCCCCCCCCCCCCCCCC(O)C(COP(=O)(O)OCC[N+](C)(C)C)NC(=O)CCCCCCCC. The van der Waals surface area contributed by atoms with Crippen LogP contribution in [0, 0.1) is 0 Å². The second-order valence-electron chi connectivity index (χ2n) is 18.6. The largest absolute Gasteiger partial charge is 0.472 e. The van der Waals surface area contributed by atoms with Gasteiger partial charge in [0.25, 0.3) is 0 Å². The number of carbonyl (C=O) groups is 1. The molecule has 0 aliphatic carbocycles. The molecule has 0 fully saturated rings. The predicted octanol–water partition coefficient (Wildman–Crippen LogP) is 14.1. The molecule has 1 amide bonds. The number of aliphatic hydroxyl groups excluding tert-OH is 1. The van der Waals surface area contributed by atoms with Crippen molar-refractivity contribution in [3.63, 3.8) is 0 Å². The van der Waals surface area contributed by atoms with Crippen LogP contribution in [0.1, 0.15) is 251 Å². The van der Waals surface area contributed by atoms with Gasteiger partial charge in [-0.3, -0.25) is 13.8 Å². The van der Waals surface area contributed by atoms with Crippen LogP contribution in [-0.4, -0.2) is 73.4 Å². The Morgan fingerprint density at radius 1 is 0.526 bits per heavy atom. The number of phosphoric ester groups is 1. The Morgan fingerprint density at radius 3 is 1.18 bits per heavy atom. The minimum absolute atomic E-state index is 0.0779. The number of nitrogens with one attached hydrogen (secondary N) is 1. The van der Waals surface area contributed by atoms with Crippen LogP contribution >= 0.6 is 7.82 Å². The lowest BCUT2D eigenvalue weighted by atomic mass is 10.0. The number of hydrogen-bond acceptors (Lipinski definition) is 5. The fourth-order valence-corrected chi connectivity index (χ4v) is 8.37. The summed E-state index contributed by atoms with van der Waals surface area (Å²) in [5, 5.41) is 13.9. The average Bonchev–Trinajstić information content (AvgIpc) is 3.16. The first-order valence-electron chi connectivity index (χ1n) is 24.9.